The van der Waals surface area contributed by atoms with E-state index in [4.69, 9.17) is 4.42 Å². The van der Waals surface area contributed by atoms with Crippen LogP contribution in [0.5, 0.6) is 0 Å². The zero-order valence-electron chi connectivity index (χ0n) is 23.5. The molecule has 0 bridgehead atoms. The van der Waals surface area contributed by atoms with Crippen molar-refractivity contribution in [2.45, 2.75) is 11.4 Å². The predicted octanol–water partition coefficient (Wildman–Crippen LogP) is 5.14. The van der Waals surface area contributed by atoms with E-state index in [2.05, 4.69) is 10.0 Å². The molecule has 0 fully saturated rings. The molecule has 0 atom stereocenters. The monoisotopic (exact) mass is 621 g/mol. The lowest BCUT2D eigenvalue weighted by atomic mass is 9.97. The summed E-state index contributed by atoms with van der Waals surface area (Å²) in [5.41, 5.74) is 3.04. The van der Waals surface area contributed by atoms with Gasteiger partial charge in [-0.3, -0.25) is 9.10 Å². The van der Waals surface area contributed by atoms with Crippen molar-refractivity contribution in [2.24, 2.45) is 0 Å². The SMILES string of the molecule is CNC(=O)c1c(-c2ccc(F)cc2)oc2cc(N(C)S(C)(=O)=O)c(-c3ccc(CNS(=O)(=O)c4ccccc4)cc3)cc12. The number of rotatable bonds is 9. The third-order valence-electron chi connectivity index (χ3n) is 6.99. The van der Waals surface area contributed by atoms with Gasteiger partial charge < -0.3 is 9.73 Å². The van der Waals surface area contributed by atoms with Crippen LogP contribution < -0.4 is 14.3 Å². The molecule has 9 nitrogen and oxygen atoms in total. The maximum absolute atomic E-state index is 13.6. The minimum absolute atomic E-state index is 0.0379. The van der Waals surface area contributed by atoms with E-state index in [1.54, 1.807) is 54.6 Å². The molecule has 1 heterocycles. The van der Waals surface area contributed by atoms with Crippen LogP contribution in [0.2, 0.25) is 0 Å². The van der Waals surface area contributed by atoms with Gasteiger partial charge in [-0.25, -0.2) is 25.9 Å². The quantitative estimate of drug-likeness (QED) is 0.235. The lowest BCUT2D eigenvalue weighted by molar-refractivity contribution is 0.0964. The summed E-state index contributed by atoms with van der Waals surface area (Å²) in [6.45, 7) is 0.0379. The summed E-state index contributed by atoms with van der Waals surface area (Å²) in [6, 6.07) is 23.7. The Morgan fingerprint density at radius 1 is 0.884 bits per heavy atom. The molecule has 43 heavy (non-hydrogen) atoms. The molecule has 222 valence electrons. The van der Waals surface area contributed by atoms with Crippen LogP contribution in [0.1, 0.15) is 15.9 Å². The molecule has 4 aromatic carbocycles. The highest BCUT2D eigenvalue weighted by Crippen LogP contribution is 2.41. The number of amides is 1. The number of nitrogens with zero attached hydrogens (tertiary/aromatic N) is 1. The van der Waals surface area contributed by atoms with Crippen molar-refractivity contribution >= 4 is 42.6 Å². The molecule has 0 unspecified atom stereocenters. The summed E-state index contributed by atoms with van der Waals surface area (Å²) < 4.78 is 73.9. The van der Waals surface area contributed by atoms with Gasteiger partial charge in [-0.05, 0) is 53.6 Å². The van der Waals surface area contributed by atoms with Gasteiger partial charge in [0.25, 0.3) is 5.91 Å². The number of hydrogen-bond donors (Lipinski definition) is 2. The summed E-state index contributed by atoms with van der Waals surface area (Å²) >= 11 is 0. The van der Waals surface area contributed by atoms with E-state index in [0.717, 1.165) is 10.6 Å². The molecule has 5 aromatic rings. The fraction of sp³-hybridized carbons (Fsp3) is 0.129. The Labute approximate surface area is 249 Å². The number of nitrogens with one attached hydrogen (secondary N) is 2. The molecular formula is C31H28FN3O6S2. The van der Waals surface area contributed by atoms with Crippen molar-refractivity contribution < 1.29 is 30.4 Å². The zero-order chi connectivity index (χ0) is 30.9. The standard InChI is InChI=1S/C31H28FN3O6S2/c1-33-31(36)29-26-17-25(21-11-9-20(10-12-21)19-34-43(39,40)24-7-5-4-6-8-24)27(35(2)42(3,37)38)18-28(26)41-30(29)22-13-15-23(32)16-14-22/h4-18,34H,19H2,1-3H3,(H,33,36). The van der Waals surface area contributed by atoms with Crippen LogP contribution in [-0.4, -0.2) is 43.1 Å². The second kappa shape index (κ2) is 11.6. The molecule has 0 saturated heterocycles. The first-order chi connectivity index (χ1) is 20.4. The van der Waals surface area contributed by atoms with E-state index in [1.807, 2.05) is 0 Å². The Balaban J connectivity index is 1.60. The molecule has 0 spiro atoms. The van der Waals surface area contributed by atoms with Crippen molar-refractivity contribution in [2.75, 3.05) is 24.7 Å². The maximum Gasteiger partial charge on any atom is 0.255 e. The van der Waals surface area contributed by atoms with Gasteiger partial charge >= 0.3 is 0 Å². The van der Waals surface area contributed by atoms with Crippen LogP contribution in [-0.2, 0) is 26.6 Å². The largest absolute Gasteiger partial charge is 0.455 e. The summed E-state index contributed by atoms with van der Waals surface area (Å²) in [4.78, 5) is 13.2. The van der Waals surface area contributed by atoms with E-state index in [0.29, 0.717) is 33.3 Å². The predicted molar refractivity (Wildman–Crippen MR) is 164 cm³/mol. The average molecular weight is 622 g/mol. The number of benzene rings is 4. The molecule has 0 aliphatic carbocycles. The number of carbonyl (C=O) groups is 1. The highest BCUT2D eigenvalue weighted by Gasteiger charge is 2.26. The second-order valence-electron chi connectivity index (χ2n) is 9.82. The van der Waals surface area contributed by atoms with Crippen molar-refractivity contribution in [3.63, 3.8) is 0 Å². The number of hydrogen-bond acceptors (Lipinski definition) is 6. The van der Waals surface area contributed by atoms with Gasteiger partial charge in [-0.2, -0.15) is 0 Å². The summed E-state index contributed by atoms with van der Waals surface area (Å²) in [6.07, 6.45) is 1.07. The maximum atomic E-state index is 13.6. The molecule has 2 N–H and O–H groups in total. The van der Waals surface area contributed by atoms with Gasteiger partial charge in [0.1, 0.15) is 17.2 Å². The number of furan rings is 1. The fourth-order valence-corrected chi connectivity index (χ4v) is 6.17. The molecule has 0 aliphatic heterocycles. The third kappa shape index (κ3) is 6.17. The molecular weight excluding hydrogens is 593 g/mol. The normalized spacial score (nSPS) is 11.9. The molecule has 1 aromatic heterocycles. The van der Waals surface area contributed by atoms with Crippen LogP contribution in [0, 0.1) is 5.82 Å². The first-order valence-electron chi connectivity index (χ1n) is 13.1. The highest BCUT2D eigenvalue weighted by atomic mass is 32.2. The van der Waals surface area contributed by atoms with Crippen molar-refractivity contribution in [1.82, 2.24) is 10.0 Å². The highest BCUT2D eigenvalue weighted by molar-refractivity contribution is 7.92. The van der Waals surface area contributed by atoms with Crippen LogP contribution in [0.15, 0.2) is 100 Å². The lowest BCUT2D eigenvalue weighted by Gasteiger charge is -2.21. The topological polar surface area (TPSA) is 126 Å². The van der Waals surface area contributed by atoms with Crippen LogP contribution in [0.4, 0.5) is 10.1 Å². The van der Waals surface area contributed by atoms with E-state index < -0.39 is 31.8 Å². The van der Waals surface area contributed by atoms with E-state index in [9.17, 15) is 26.0 Å². The minimum Gasteiger partial charge on any atom is -0.455 e. The van der Waals surface area contributed by atoms with E-state index in [1.165, 1.54) is 50.5 Å². The van der Waals surface area contributed by atoms with E-state index in [-0.39, 0.29) is 28.3 Å². The second-order valence-corrected chi connectivity index (χ2v) is 13.6. The van der Waals surface area contributed by atoms with Crippen molar-refractivity contribution in [1.29, 1.82) is 0 Å². The minimum atomic E-state index is -3.71. The van der Waals surface area contributed by atoms with Gasteiger partial charge in [-0.1, -0.05) is 42.5 Å². The number of fused-ring (bicyclic) bond motifs is 1. The molecule has 0 aliphatic rings. The van der Waals surface area contributed by atoms with Crippen LogP contribution in [0.25, 0.3) is 33.4 Å². The lowest BCUT2D eigenvalue weighted by Crippen LogP contribution is -2.25. The van der Waals surface area contributed by atoms with Crippen molar-refractivity contribution in [3.05, 3.63) is 108 Å². The first-order valence-corrected chi connectivity index (χ1v) is 16.4. The number of carbonyl (C=O) groups excluding carboxylic acids is 1. The summed E-state index contributed by atoms with van der Waals surface area (Å²) in [5.74, 6) is -0.674. The van der Waals surface area contributed by atoms with Crippen LogP contribution >= 0.6 is 0 Å². The Morgan fingerprint density at radius 2 is 1.51 bits per heavy atom. The first kappa shape index (κ1) is 30.0. The fourth-order valence-electron chi connectivity index (χ4n) is 4.62. The smallest absolute Gasteiger partial charge is 0.255 e. The van der Waals surface area contributed by atoms with Crippen LogP contribution in [0.3, 0.4) is 0 Å². The Kier molecular flexibility index (Phi) is 8.10. The number of sulfonamides is 2. The zero-order valence-corrected chi connectivity index (χ0v) is 25.1. The Bertz CT molecular complexity index is 2030. The number of anilines is 1. The van der Waals surface area contributed by atoms with Gasteiger partial charge in [-0.15, -0.1) is 0 Å². The molecule has 1 amide bonds. The third-order valence-corrected chi connectivity index (χ3v) is 9.60. The number of halogens is 1. The Morgan fingerprint density at radius 3 is 2.12 bits per heavy atom. The van der Waals surface area contributed by atoms with Gasteiger partial charge in [0.15, 0.2) is 0 Å². The van der Waals surface area contributed by atoms with Crippen molar-refractivity contribution in [3.8, 4) is 22.5 Å². The van der Waals surface area contributed by atoms with E-state index >= 15 is 0 Å². The average Bonchev–Trinajstić information content (AvgIpc) is 3.37. The van der Waals surface area contributed by atoms with Gasteiger partial charge in [0.2, 0.25) is 20.0 Å². The molecule has 0 radical (unpaired) electrons. The summed E-state index contributed by atoms with van der Waals surface area (Å²) in [5, 5.41) is 3.04. The molecule has 5 rings (SSSR count). The molecule has 0 saturated carbocycles. The Hall–Kier alpha value is -4.52. The van der Waals surface area contributed by atoms with Gasteiger partial charge in [0.05, 0.1) is 22.4 Å². The molecule has 12 heteroatoms. The van der Waals surface area contributed by atoms with Gasteiger partial charge in [0, 0.05) is 43.2 Å². The summed E-state index contributed by atoms with van der Waals surface area (Å²) in [7, 11) is -4.52.